The normalized spacial score (nSPS) is 12.0. The van der Waals surface area contributed by atoms with Crippen molar-refractivity contribution < 1.29 is 8.83 Å². The van der Waals surface area contributed by atoms with Crippen molar-refractivity contribution in [3.63, 3.8) is 0 Å². The second-order valence-corrected chi connectivity index (χ2v) is 23.4. The van der Waals surface area contributed by atoms with Gasteiger partial charge in [0.25, 0.3) is 0 Å². The predicted molar refractivity (Wildman–Crippen MR) is 354 cm³/mol. The van der Waals surface area contributed by atoms with Gasteiger partial charge in [-0.05, 0) is 197 Å². The van der Waals surface area contributed by atoms with Gasteiger partial charge in [-0.15, -0.1) is 0 Å². The van der Waals surface area contributed by atoms with Gasteiger partial charge in [0, 0.05) is 27.0 Å². The van der Waals surface area contributed by atoms with Crippen LogP contribution in [0.25, 0.3) is 88.0 Å². The van der Waals surface area contributed by atoms with E-state index in [2.05, 4.69) is 272 Å². The fourth-order valence-corrected chi connectivity index (χ4v) is 11.9. The highest BCUT2D eigenvalue weighted by molar-refractivity contribution is 6.06. The minimum atomic E-state index is 0.0888. The second-order valence-electron chi connectivity index (χ2n) is 23.4. The van der Waals surface area contributed by atoms with Gasteiger partial charge >= 0.3 is 0 Å². The lowest BCUT2D eigenvalue weighted by Crippen LogP contribution is -2.15. The zero-order chi connectivity index (χ0) is 57.8. The van der Waals surface area contributed by atoms with Crippen LogP contribution >= 0.6 is 0 Å². The van der Waals surface area contributed by atoms with E-state index < -0.39 is 0 Å². The molecule has 0 bridgehead atoms. The molecule has 14 rings (SSSR count). The summed E-state index contributed by atoms with van der Waals surface area (Å²) in [6, 6.07) is 77.7. The molecule has 11 aromatic carbocycles. The molecule has 0 spiro atoms. The molecule has 1 aliphatic rings. The molecule has 13 aromatic rings. The summed E-state index contributed by atoms with van der Waals surface area (Å²) in [5.41, 5.74) is 28.6. The first-order chi connectivity index (χ1) is 39.5. The molecule has 0 saturated carbocycles. The van der Waals surface area contributed by atoms with Crippen LogP contribution in [0.5, 0.6) is 0 Å². The van der Waals surface area contributed by atoms with Crippen molar-refractivity contribution in [2.75, 3.05) is 0 Å². The van der Waals surface area contributed by atoms with Gasteiger partial charge in [-0.3, -0.25) is 0 Å². The number of fused-ring (bicyclic) bond motifs is 11. The van der Waals surface area contributed by atoms with Crippen LogP contribution in [0.1, 0.15) is 107 Å². The first-order valence-electron chi connectivity index (χ1n) is 29.2. The Bertz CT molecular complexity index is 4310. The molecule has 0 amide bonds. The second kappa shape index (κ2) is 24.2. The number of benzene rings is 11. The van der Waals surface area contributed by atoms with Crippen LogP contribution in [0.2, 0.25) is 0 Å². The van der Waals surface area contributed by atoms with Crippen LogP contribution < -0.4 is 0 Å². The number of para-hydroxylation sites is 2. The topological polar surface area (TPSA) is 26.3 Å². The van der Waals surface area contributed by atoms with Crippen LogP contribution in [0.15, 0.2) is 227 Å². The maximum Gasteiger partial charge on any atom is 0.135 e. The number of furan rings is 2. The highest BCUT2D eigenvalue weighted by Crippen LogP contribution is 2.52. The van der Waals surface area contributed by atoms with Gasteiger partial charge in [-0.1, -0.05) is 234 Å². The SMILES string of the molecule is CCc1ccc(-c2ccccc2C)c(C)c1.Cc1ccc2c(c1)C(C)(C)c1cc(C)c3ccccc3c1-2.Cc1ccc2c(c1)oc1ccccc12.Cc1ccc2c(c1)oc1ccccc12.Cc1ccccc1-c1ccc(C(C)C)cc1C. The highest BCUT2D eigenvalue weighted by Gasteiger charge is 2.36. The van der Waals surface area contributed by atoms with Crippen molar-refractivity contribution in [1.82, 2.24) is 0 Å². The summed E-state index contributed by atoms with van der Waals surface area (Å²) in [6.45, 7) is 28.7. The summed E-state index contributed by atoms with van der Waals surface area (Å²) in [4.78, 5) is 0. The molecule has 2 aromatic heterocycles. The molecule has 0 radical (unpaired) electrons. The van der Waals surface area contributed by atoms with Gasteiger partial charge in [0.05, 0.1) is 0 Å². The molecule has 1 aliphatic carbocycles. The molecule has 0 aliphatic heterocycles. The van der Waals surface area contributed by atoms with Gasteiger partial charge in [0.2, 0.25) is 0 Å². The lowest BCUT2D eigenvalue weighted by molar-refractivity contribution is 0.659. The molecule has 410 valence electrons. The van der Waals surface area contributed by atoms with Crippen LogP contribution in [0.4, 0.5) is 0 Å². The molecule has 0 atom stereocenters. The predicted octanol–water partition coefficient (Wildman–Crippen LogP) is 23.2. The number of hydrogen-bond acceptors (Lipinski definition) is 2. The van der Waals surface area contributed by atoms with E-state index >= 15 is 0 Å². The molecule has 2 nitrogen and oxygen atoms in total. The molecule has 2 heteroatoms. The van der Waals surface area contributed by atoms with Gasteiger partial charge < -0.3 is 8.83 Å². The van der Waals surface area contributed by atoms with Crippen LogP contribution in [0, 0.1) is 55.4 Å². The van der Waals surface area contributed by atoms with Crippen molar-refractivity contribution in [3.05, 3.63) is 285 Å². The Kier molecular flexibility index (Phi) is 16.7. The summed E-state index contributed by atoms with van der Waals surface area (Å²) in [5, 5.41) is 7.56. The lowest BCUT2D eigenvalue weighted by Gasteiger charge is -2.22. The molecule has 0 N–H and O–H groups in total. The Morgan fingerprint density at radius 1 is 0.329 bits per heavy atom. The Hall–Kier alpha value is -8.72. The average molecular weight is 1070 g/mol. The minimum absolute atomic E-state index is 0.0888. The van der Waals surface area contributed by atoms with Gasteiger partial charge in [-0.25, -0.2) is 0 Å². The van der Waals surface area contributed by atoms with E-state index in [1.54, 1.807) is 0 Å². The summed E-state index contributed by atoms with van der Waals surface area (Å²) in [7, 11) is 0. The highest BCUT2D eigenvalue weighted by atomic mass is 16.3. The molecule has 0 saturated heterocycles. The average Bonchev–Trinajstić information content (AvgIpc) is 4.31. The van der Waals surface area contributed by atoms with Gasteiger partial charge in [0.15, 0.2) is 0 Å². The van der Waals surface area contributed by atoms with Crippen LogP contribution in [0.3, 0.4) is 0 Å². The Morgan fingerprint density at radius 2 is 0.756 bits per heavy atom. The lowest BCUT2D eigenvalue weighted by atomic mass is 9.81. The van der Waals surface area contributed by atoms with E-state index in [9.17, 15) is 0 Å². The van der Waals surface area contributed by atoms with Crippen molar-refractivity contribution >= 4 is 54.6 Å². The summed E-state index contributed by atoms with van der Waals surface area (Å²) in [6.07, 6.45) is 1.11. The molecule has 0 unspecified atom stereocenters. The third-order valence-corrected chi connectivity index (χ3v) is 16.6. The molecule has 82 heavy (non-hydrogen) atoms. The molecule has 2 heterocycles. The van der Waals surface area contributed by atoms with Gasteiger partial charge in [-0.2, -0.15) is 0 Å². The monoisotopic (exact) mass is 1070 g/mol. The zero-order valence-corrected chi connectivity index (χ0v) is 50.4. The first-order valence-corrected chi connectivity index (χ1v) is 29.2. The zero-order valence-electron chi connectivity index (χ0n) is 50.4. The first kappa shape index (κ1) is 56.6. The largest absolute Gasteiger partial charge is 0.456 e. The Labute approximate surface area is 487 Å². The number of aryl methyl sites for hydroxylation is 9. The smallest absolute Gasteiger partial charge is 0.135 e. The third-order valence-electron chi connectivity index (χ3n) is 16.6. The fourth-order valence-electron chi connectivity index (χ4n) is 11.9. The van der Waals surface area contributed by atoms with Crippen molar-refractivity contribution in [1.29, 1.82) is 0 Å². The van der Waals surface area contributed by atoms with E-state index in [0.29, 0.717) is 5.92 Å². The summed E-state index contributed by atoms with van der Waals surface area (Å²) >= 11 is 0. The van der Waals surface area contributed by atoms with E-state index in [-0.39, 0.29) is 5.41 Å². The van der Waals surface area contributed by atoms with E-state index in [0.717, 1.165) is 28.8 Å². The van der Waals surface area contributed by atoms with E-state index in [1.165, 1.54) is 132 Å². The third kappa shape index (κ3) is 11.7. The van der Waals surface area contributed by atoms with Crippen molar-refractivity contribution in [2.24, 2.45) is 0 Å². The quantitative estimate of drug-likeness (QED) is 0.176. The summed E-state index contributed by atoms with van der Waals surface area (Å²) < 4.78 is 11.5. The van der Waals surface area contributed by atoms with Crippen molar-refractivity contribution in [2.45, 2.75) is 108 Å². The number of hydrogen-bond donors (Lipinski definition) is 0. The van der Waals surface area contributed by atoms with Crippen molar-refractivity contribution in [3.8, 4) is 33.4 Å². The standard InChI is InChI=1S/C21H20.C17H20.C16H18.2C13H10O/c1-13-9-10-17-18(11-13)21(3,4)19-12-14(2)15-7-5-6-8-16(15)20(17)19;1-12(2)15-9-10-17(14(4)11-15)16-8-6-5-7-13(16)3;1-4-14-9-10-16(13(3)11-14)15-8-6-5-7-12(15)2;2*1-9-6-7-11-10-4-2-3-5-12(10)14-13(11)8-9/h5-12H,1-4H3;5-12H,1-4H3;5-11H,4H2,1-3H3;2*2-8H,1H3. The summed E-state index contributed by atoms with van der Waals surface area (Å²) in [5.74, 6) is 0.597. The fraction of sp³-hybridized carbons (Fsp3) is 0.200. The molecular formula is C80H78O2. The number of rotatable bonds is 4. The minimum Gasteiger partial charge on any atom is -0.456 e. The van der Waals surface area contributed by atoms with Gasteiger partial charge in [0.1, 0.15) is 22.3 Å². The maximum atomic E-state index is 5.73. The van der Waals surface area contributed by atoms with E-state index in [1.807, 2.05) is 36.4 Å². The maximum absolute atomic E-state index is 5.73. The van der Waals surface area contributed by atoms with E-state index in [4.69, 9.17) is 8.83 Å². The van der Waals surface area contributed by atoms with Crippen LogP contribution in [-0.4, -0.2) is 0 Å². The Balaban J connectivity index is 0.000000116. The molecule has 0 fully saturated rings. The Morgan fingerprint density at radius 3 is 1.27 bits per heavy atom. The van der Waals surface area contributed by atoms with Crippen LogP contribution in [-0.2, 0) is 11.8 Å². The molecular weight excluding hydrogens is 993 g/mol.